The molecule has 0 saturated carbocycles. The predicted octanol–water partition coefficient (Wildman–Crippen LogP) is 0.660. The average molecular weight is 373 g/mol. The van der Waals surface area contributed by atoms with Gasteiger partial charge in [0.1, 0.15) is 11.6 Å². The third kappa shape index (κ3) is 4.32. The first-order valence-corrected chi connectivity index (χ1v) is 9.17. The van der Waals surface area contributed by atoms with E-state index in [0.29, 0.717) is 23.7 Å². The predicted molar refractivity (Wildman–Crippen MR) is 98.7 cm³/mol. The van der Waals surface area contributed by atoms with Crippen molar-refractivity contribution in [2.24, 2.45) is 11.8 Å². The number of hydrogen-bond donors (Lipinski definition) is 1. The van der Waals surface area contributed by atoms with Gasteiger partial charge in [-0.2, -0.15) is 4.68 Å². The molecule has 0 aliphatic heterocycles. The van der Waals surface area contributed by atoms with E-state index in [9.17, 15) is 19.5 Å². The van der Waals surface area contributed by atoms with E-state index in [1.807, 2.05) is 20.8 Å². The second kappa shape index (κ2) is 8.75. The number of carboxylic acid groups (broad SMARTS) is 1. The molecule has 0 aliphatic carbocycles. The molecule has 1 aromatic heterocycles. The Balaban J connectivity index is 2.47. The molecule has 1 heterocycles. The number of nitrogens with one attached hydrogen (secondary N) is 1. The molecule has 1 aromatic carbocycles. The molecule has 2 aromatic rings. The van der Waals surface area contributed by atoms with Crippen LogP contribution in [0.3, 0.4) is 0 Å². The monoisotopic (exact) mass is 373 g/mol. The number of rotatable bonds is 8. The van der Waals surface area contributed by atoms with Gasteiger partial charge in [0.05, 0.1) is 17.4 Å². The first-order valence-electron chi connectivity index (χ1n) is 9.17. The van der Waals surface area contributed by atoms with Crippen LogP contribution in [0.2, 0.25) is 0 Å². The van der Waals surface area contributed by atoms with Crippen molar-refractivity contribution >= 4 is 22.8 Å². The second-order valence-corrected chi connectivity index (χ2v) is 6.88. The number of carboxylic acids is 1. The lowest BCUT2D eigenvalue weighted by atomic mass is 9.95. The average Bonchev–Trinajstić information content (AvgIpc) is 2.67. The Kier molecular flexibility index (Phi) is 6.65. The van der Waals surface area contributed by atoms with E-state index in [1.165, 1.54) is 0 Å². The number of carbonyl (C=O) groups excluding carboxylic acids is 2. The molecule has 0 saturated heterocycles. The maximum atomic E-state index is 12.9. The number of hydrogen-bond acceptors (Lipinski definition) is 6. The maximum Gasteiger partial charge on any atom is 0.278 e. The van der Waals surface area contributed by atoms with Crippen molar-refractivity contribution in [3.63, 3.8) is 0 Å². The molecular formula is C19H25N4O4-. The van der Waals surface area contributed by atoms with Gasteiger partial charge in [-0.25, -0.2) is 0 Å². The summed E-state index contributed by atoms with van der Waals surface area (Å²) in [6, 6.07) is 4.64. The number of benzene rings is 1. The van der Waals surface area contributed by atoms with Gasteiger partial charge in [-0.1, -0.05) is 57.9 Å². The third-order valence-corrected chi connectivity index (χ3v) is 5.07. The Hall–Kier alpha value is -2.77. The molecule has 0 aliphatic rings. The standard InChI is InChI=1S/C19H26N4O4/c1-5-11(3)15(19(26)27)20-17(24)16(12(4)6-2)23-18(25)13-9-7-8-10-14(13)21-22-23/h7-12,15-16H,5-6H2,1-4H3,(H,20,24)(H,26,27)/p-1/t11-,12+,15+,16+/m1/s1. The molecule has 0 bridgehead atoms. The van der Waals surface area contributed by atoms with E-state index in [0.717, 1.165) is 4.68 Å². The Morgan fingerprint density at radius 2 is 1.78 bits per heavy atom. The topological polar surface area (TPSA) is 117 Å². The molecule has 0 fully saturated rings. The summed E-state index contributed by atoms with van der Waals surface area (Å²) < 4.78 is 1.05. The van der Waals surface area contributed by atoms with Crippen LogP contribution in [0, 0.1) is 11.8 Å². The lowest BCUT2D eigenvalue weighted by Crippen LogP contribution is -2.54. The minimum Gasteiger partial charge on any atom is -0.548 e. The fraction of sp³-hybridized carbons (Fsp3) is 0.526. The van der Waals surface area contributed by atoms with Crippen molar-refractivity contribution in [1.82, 2.24) is 20.3 Å². The zero-order valence-electron chi connectivity index (χ0n) is 16.0. The van der Waals surface area contributed by atoms with E-state index in [1.54, 1.807) is 31.2 Å². The van der Waals surface area contributed by atoms with Crippen molar-refractivity contribution in [2.45, 2.75) is 52.6 Å². The van der Waals surface area contributed by atoms with E-state index in [2.05, 4.69) is 15.6 Å². The maximum absolute atomic E-state index is 12.9. The molecule has 0 spiro atoms. The first-order chi connectivity index (χ1) is 12.8. The molecule has 4 atom stereocenters. The molecule has 0 unspecified atom stereocenters. The summed E-state index contributed by atoms with van der Waals surface area (Å²) in [6.07, 6.45) is 1.15. The highest BCUT2D eigenvalue weighted by atomic mass is 16.4. The number of fused-ring (bicyclic) bond motifs is 1. The van der Waals surface area contributed by atoms with Crippen molar-refractivity contribution in [3.05, 3.63) is 34.6 Å². The minimum absolute atomic E-state index is 0.252. The Labute approximate surface area is 157 Å². The van der Waals surface area contributed by atoms with E-state index < -0.39 is 29.5 Å². The van der Waals surface area contributed by atoms with Crippen LogP contribution in [0.4, 0.5) is 0 Å². The van der Waals surface area contributed by atoms with Crippen molar-refractivity contribution in [2.75, 3.05) is 0 Å². The van der Waals surface area contributed by atoms with E-state index >= 15 is 0 Å². The van der Waals surface area contributed by atoms with Crippen LogP contribution in [0.1, 0.15) is 46.6 Å². The van der Waals surface area contributed by atoms with Gasteiger partial charge in [0, 0.05) is 0 Å². The van der Waals surface area contributed by atoms with Crippen LogP contribution in [-0.2, 0) is 9.59 Å². The van der Waals surface area contributed by atoms with Crippen LogP contribution in [-0.4, -0.2) is 32.9 Å². The third-order valence-electron chi connectivity index (χ3n) is 5.07. The van der Waals surface area contributed by atoms with Gasteiger partial charge in [-0.3, -0.25) is 9.59 Å². The molecule has 1 amide bonds. The molecule has 146 valence electrons. The zero-order chi connectivity index (χ0) is 20.1. The molecule has 8 heteroatoms. The zero-order valence-corrected chi connectivity index (χ0v) is 16.0. The first kappa shape index (κ1) is 20.5. The minimum atomic E-state index is -1.35. The highest BCUT2D eigenvalue weighted by Crippen LogP contribution is 2.21. The Bertz CT molecular complexity index is 879. The van der Waals surface area contributed by atoms with Crippen LogP contribution in [0.25, 0.3) is 10.9 Å². The van der Waals surface area contributed by atoms with Crippen LogP contribution >= 0.6 is 0 Å². The number of amides is 1. The summed E-state index contributed by atoms with van der Waals surface area (Å²) in [5.41, 5.74) is 0.00358. The van der Waals surface area contributed by atoms with Crippen LogP contribution in [0.15, 0.2) is 29.1 Å². The molecular weight excluding hydrogens is 348 g/mol. The fourth-order valence-electron chi connectivity index (χ4n) is 2.93. The summed E-state index contributed by atoms with van der Waals surface area (Å²) in [4.78, 5) is 37.2. The molecule has 8 nitrogen and oxygen atoms in total. The summed E-state index contributed by atoms with van der Waals surface area (Å²) >= 11 is 0. The SMILES string of the molecule is CC[C@@H](C)[C@H](NC(=O)[C@H]([C@@H](C)CC)n1nnc2ccccc2c1=O)C(=O)[O-]. The van der Waals surface area contributed by atoms with Crippen molar-refractivity contribution in [3.8, 4) is 0 Å². The second-order valence-electron chi connectivity index (χ2n) is 6.88. The number of aromatic nitrogens is 3. The number of carbonyl (C=O) groups is 2. The van der Waals surface area contributed by atoms with Gasteiger partial charge in [0.2, 0.25) is 5.91 Å². The molecule has 1 N–H and O–H groups in total. The van der Waals surface area contributed by atoms with Gasteiger partial charge < -0.3 is 15.2 Å². The number of nitrogens with zero attached hydrogens (tertiary/aromatic N) is 3. The summed E-state index contributed by atoms with van der Waals surface area (Å²) in [7, 11) is 0. The van der Waals surface area contributed by atoms with Gasteiger partial charge >= 0.3 is 0 Å². The van der Waals surface area contributed by atoms with E-state index in [-0.39, 0.29) is 11.8 Å². The molecule has 2 rings (SSSR count). The highest BCUT2D eigenvalue weighted by molar-refractivity contribution is 5.86. The summed E-state index contributed by atoms with van der Waals surface area (Å²) in [6.45, 7) is 7.25. The highest BCUT2D eigenvalue weighted by Gasteiger charge is 2.31. The van der Waals surface area contributed by atoms with Gasteiger partial charge in [-0.05, 0) is 24.0 Å². The van der Waals surface area contributed by atoms with Crippen LogP contribution < -0.4 is 16.0 Å². The number of aliphatic carboxylic acids is 1. The molecule has 27 heavy (non-hydrogen) atoms. The lowest BCUT2D eigenvalue weighted by Gasteiger charge is -2.29. The normalized spacial score (nSPS) is 15.7. The smallest absolute Gasteiger partial charge is 0.278 e. The molecule has 0 radical (unpaired) electrons. The van der Waals surface area contributed by atoms with E-state index in [4.69, 9.17) is 0 Å². The Morgan fingerprint density at radius 1 is 1.15 bits per heavy atom. The van der Waals surface area contributed by atoms with Crippen molar-refractivity contribution in [1.29, 1.82) is 0 Å². The Morgan fingerprint density at radius 3 is 2.37 bits per heavy atom. The summed E-state index contributed by atoms with van der Waals surface area (Å²) in [5.74, 6) is -2.49. The largest absolute Gasteiger partial charge is 0.548 e. The lowest BCUT2D eigenvalue weighted by molar-refractivity contribution is -0.309. The van der Waals surface area contributed by atoms with Crippen molar-refractivity contribution < 1.29 is 14.7 Å². The van der Waals surface area contributed by atoms with Gasteiger partial charge in [0.15, 0.2) is 0 Å². The van der Waals surface area contributed by atoms with Crippen LogP contribution in [0.5, 0.6) is 0 Å². The van der Waals surface area contributed by atoms with Gasteiger partial charge in [-0.15, -0.1) is 5.10 Å². The van der Waals surface area contributed by atoms with Gasteiger partial charge in [0.25, 0.3) is 5.56 Å². The fourth-order valence-corrected chi connectivity index (χ4v) is 2.93. The summed E-state index contributed by atoms with van der Waals surface area (Å²) in [5, 5.41) is 22.3. The quantitative estimate of drug-likeness (QED) is 0.726.